The fourth-order valence-corrected chi connectivity index (χ4v) is 4.07. The third-order valence-electron chi connectivity index (χ3n) is 4.60. The van der Waals surface area contributed by atoms with Gasteiger partial charge < -0.3 is 15.0 Å². The smallest absolute Gasteiger partial charge is 0.193 e. The van der Waals surface area contributed by atoms with Crippen LogP contribution in [0.5, 0.6) is 0 Å². The summed E-state index contributed by atoms with van der Waals surface area (Å²) in [6.45, 7) is 13.4. The number of allylic oxidation sites excluding steroid dienone is 1. The van der Waals surface area contributed by atoms with Gasteiger partial charge in [-0.15, -0.1) is 41.9 Å². The molecular weight excluding hydrogens is 471 g/mol. The molecule has 7 heteroatoms. The van der Waals surface area contributed by atoms with E-state index in [-0.39, 0.29) is 30.1 Å². The quantitative estimate of drug-likeness (QED) is 0.181. The molecule has 2 atom stereocenters. The number of halogens is 1. The first kappa shape index (κ1) is 24.4. The predicted molar refractivity (Wildman–Crippen MR) is 128 cm³/mol. The Hall–Kier alpha value is -0.640. The van der Waals surface area contributed by atoms with Crippen molar-refractivity contribution in [3.63, 3.8) is 0 Å². The minimum absolute atomic E-state index is 0. The molecule has 1 aliphatic rings. The number of unbranched alkanes of at least 4 members (excludes halogenated alkanes) is 1. The molecule has 0 spiro atoms. The molecule has 0 amide bonds. The number of rotatable bonds is 9. The molecule has 2 heterocycles. The van der Waals surface area contributed by atoms with Crippen molar-refractivity contribution in [2.75, 3.05) is 46.4 Å². The van der Waals surface area contributed by atoms with Crippen LogP contribution < -0.4 is 5.32 Å². The molecular formula is C20H35IN4OS. The lowest BCUT2D eigenvalue weighted by atomic mass is 10.1. The zero-order valence-electron chi connectivity index (χ0n) is 16.9. The fraction of sp³-hybridized carbons (Fsp3) is 0.650. The third-order valence-corrected chi connectivity index (χ3v) is 5.57. The number of hydrogen-bond donors (Lipinski definition) is 1. The van der Waals surface area contributed by atoms with Gasteiger partial charge in [0.1, 0.15) is 0 Å². The van der Waals surface area contributed by atoms with E-state index in [1.807, 2.05) is 17.4 Å². The topological polar surface area (TPSA) is 40.1 Å². The second-order valence-electron chi connectivity index (χ2n) is 6.75. The van der Waals surface area contributed by atoms with Gasteiger partial charge in [-0.05, 0) is 38.1 Å². The lowest BCUT2D eigenvalue weighted by Gasteiger charge is -2.36. The molecule has 2 unspecified atom stereocenters. The summed E-state index contributed by atoms with van der Waals surface area (Å²) in [5, 5.41) is 5.59. The minimum Gasteiger partial charge on any atom is -0.376 e. The Morgan fingerprint density at radius 3 is 3.04 bits per heavy atom. The monoisotopic (exact) mass is 506 g/mol. The summed E-state index contributed by atoms with van der Waals surface area (Å²) in [6.07, 6.45) is 4.39. The average molecular weight is 506 g/mol. The van der Waals surface area contributed by atoms with Crippen LogP contribution in [0.1, 0.15) is 37.6 Å². The zero-order chi connectivity index (χ0) is 18.8. The first-order valence-corrected chi connectivity index (χ1v) is 10.5. The van der Waals surface area contributed by atoms with Crippen LogP contribution in [0.25, 0.3) is 0 Å². The molecule has 27 heavy (non-hydrogen) atoms. The summed E-state index contributed by atoms with van der Waals surface area (Å²) >= 11 is 1.82. The second-order valence-corrected chi connectivity index (χ2v) is 7.73. The molecule has 1 fully saturated rings. The predicted octanol–water partition coefficient (Wildman–Crippen LogP) is 3.99. The van der Waals surface area contributed by atoms with Gasteiger partial charge in [0.25, 0.3) is 0 Å². The number of nitrogens with zero attached hydrogens (tertiary/aromatic N) is 3. The van der Waals surface area contributed by atoms with Crippen LogP contribution in [0, 0.1) is 0 Å². The second kappa shape index (κ2) is 13.5. The molecule has 1 aliphatic heterocycles. The van der Waals surface area contributed by atoms with E-state index in [1.165, 1.54) is 4.88 Å². The van der Waals surface area contributed by atoms with E-state index in [9.17, 15) is 0 Å². The van der Waals surface area contributed by atoms with E-state index in [1.54, 1.807) is 0 Å². The minimum atomic E-state index is 0. The van der Waals surface area contributed by atoms with Gasteiger partial charge in [0, 0.05) is 38.1 Å². The van der Waals surface area contributed by atoms with Crippen molar-refractivity contribution in [1.29, 1.82) is 0 Å². The number of nitrogens with one attached hydrogen (secondary N) is 1. The molecule has 0 radical (unpaired) electrons. The van der Waals surface area contributed by atoms with Crippen LogP contribution in [-0.4, -0.2) is 68.2 Å². The van der Waals surface area contributed by atoms with E-state index >= 15 is 0 Å². The average Bonchev–Trinajstić information content (AvgIpc) is 3.15. The summed E-state index contributed by atoms with van der Waals surface area (Å²) in [6, 6.07) is 4.68. The van der Waals surface area contributed by atoms with Crippen molar-refractivity contribution >= 4 is 41.3 Å². The van der Waals surface area contributed by atoms with Gasteiger partial charge in [-0.2, -0.15) is 0 Å². The zero-order valence-corrected chi connectivity index (χ0v) is 20.0. The normalized spacial score (nSPS) is 19.2. The van der Waals surface area contributed by atoms with Crippen LogP contribution >= 0.6 is 35.3 Å². The highest BCUT2D eigenvalue weighted by atomic mass is 127. The standard InChI is InChI=1S/C20H34N4OS.HI/c1-5-7-8-11-23(4)20(21-6-2)22-15-18(19-10-9-14-26-19)24-12-13-25-17(3)16-24;/h5,9-10,14,17-18H,1,6-8,11-13,15-16H2,2-4H3,(H,21,22);1H. The Kier molecular flexibility index (Phi) is 12.2. The number of thiophene rings is 1. The van der Waals surface area contributed by atoms with Crippen LogP contribution in [0.2, 0.25) is 0 Å². The summed E-state index contributed by atoms with van der Waals surface area (Å²) < 4.78 is 5.73. The molecule has 1 saturated heterocycles. The van der Waals surface area contributed by atoms with Gasteiger partial charge in [0.05, 0.1) is 25.3 Å². The Bertz CT molecular complexity index is 552. The van der Waals surface area contributed by atoms with Crippen molar-refractivity contribution < 1.29 is 4.74 Å². The molecule has 1 N–H and O–H groups in total. The largest absolute Gasteiger partial charge is 0.376 e. The number of ether oxygens (including phenoxy) is 1. The molecule has 154 valence electrons. The number of guanidine groups is 1. The Balaban J connectivity index is 0.00000364. The van der Waals surface area contributed by atoms with Crippen molar-refractivity contribution in [3.8, 4) is 0 Å². The van der Waals surface area contributed by atoms with E-state index in [0.29, 0.717) is 6.04 Å². The van der Waals surface area contributed by atoms with Gasteiger partial charge in [-0.1, -0.05) is 12.1 Å². The van der Waals surface area contributed by atoms with E-state index < -0.39 is 0 Å². The van der Waals surface area contributed by atoms with Crippen LogP contribution in [0.15, 0.2) is 35.2 Å². The molecule has 0 aromatic carbocycles. The molecule has 0 saturated carbocycles. The number of hydrogen-bond acceptors (Lipinski definition) is 4. The van der Waals surface area contributed by atoms with Crippen LogP contribution in [-0.2, 0) is 4.74 Å². The molecule has 0 aliphatic carbocycles. The Labute approximate surface area is 185 Å². The van der Waals surface area contributed by atoms with Gasteiger partial charge >= 0.3 is 0 Å². The first-order chi connectivity index (χ1) is 12.7. The fourth-order valence-electron chi connectivity index (χ4n) is 3.22. The van der Waals surface area contributed by atoms with Crippen molar-refractivity contribution in [2.45, 2.75) is 38.8 Å². The summed E-state index contributed by atoms with van der Waals surface area (Å²) in [4.78, 5) is 11.1. The SMILES string of the molecule is C=CCCCN(C)C(=NCC(c1cccs1)N1CCOC(C)C1)NCC.I. The maximum atomic E-state index is 5.73. The van der Waals surface area contributed by atoms with E-state index in [0.717, 1.165) is 58.1 Å². The summed E-state index contributed by atoms with van der Waals surface area (Å²) in [5.74, 6) is 0.986. The highest BCUT2D eigenvalue weighted by molar-refractivity contribution is 14.0. The first-order valence-electron chi connectivity index (χ1n) is 9.65. The molecule has 5 nitrogen and oxygen atoms in total. The van der Waals surface area contributed by atoms with Crippen molar-refractivity contribution in [1.82, 2.24) is 15.1 Å². The molecule has 2 rings (SSSR count). The third kappa shape index (κ3) is 8.09. The molecule has 0 bridgehead atoms. The highest BCUT2D eigenvalue weighted by Crippen LogP contribution is 2.27. The van der Waals surface area contributed by atoms with Gasteiger partial charge in [-0.25, -0.2) is 0 Å². The maximum absolute atomic E-state index is 5.73. The van der Waals surface area contributed by atoms with E-state index in [2.05, 4.69) is 60.1 Å². The van der Waals surface area contributed by atoms with Gasteiger partial charge in [0.2, 0.25) is 0 Å². The summed E-state index contributed by atoms with van der Waals surface area (Å²) in [7, 11) is 2.11. The highest BCUT2D eigenvalue weighted by Gasteiger charge is 2.26. The molecule has 1 aromatic rings. The lowest BCUT2D eigenvalue weighted by Crippen LogP contribution is -2.44. The van der Waals surface area contributed by atoms with Gasteiger partial charge in [0.15, 0.2) is 5.96 Å². The molecule has 1 aromatic heterocycles. The maximum Gasteiger partial charge on any atom is 0.193 e. The Morgan fingerprint density at radius 2 is 2.41 bits per heavy atom. The number of morpholine rings is 1. The van der Waals surface area contributed by atoms with Crippen molar-refractivity contribution in [3.05, 3.63) is 35.0 Å². The summed E-state index contributed by atoms with van der Waals surface area (Å²) in [5.41, 5.74) is 0. The number of aliphatic imine (C=N–C) groups is 1. The van der Waals surface area contributed by atoms with Crippen LogP contribution in [0.3, 0.4) is 0 Å². The lowest BCUT2D eigenvalue weighted by molar-refractivity contribution is -0.0327. The Morgan fingerprint density at radius 1 is 1.59 bits per heavy atom. The van der Waals surface area contributed by atoms with Gasteiger partial charge in [-0.3, -0.25) is 9.89 Å². The van der Waals surface area contributed by atoms with Crippen molar-refractivity contribution in [2.24, 2.45) is 4.99 Å². The van der Waals surface area contributed by atoms with Crippen LogP contribution in [0.4, 0.5) is 0 Å². The van der Waals surface area contributed by atoms with E-state index in [4.69, 9.17) is 9.73 Å².